The van der Waals surface area contributed by atoms with E-state index in [9.17, 15) is 18.3 Å². The van der Waals surface area contributed by atoms with Crippen LogP contribution in [-0.4, -0.2) is 25.4 Å². The fraction of sp³-hybridized carbons (Fsp3) is 0.294. The van der Waals surface area contributed by atoms with Crippen molar-refractivity contribution in [1.29, 1.82) is 0 Å². The van der Waals surface area contributed by atoms with Gasteiger partial charge in [0.1, 0.15) is 16.7 Å². The number of rotatable bonds is 2. The summed E-state index contributed by atoms with van der Waals surface area (Å²) in [5, 5.41) is 17.0. The van der Waals surface area contributed by atoms with Gasteiger partial charge < -0.3 is 10.4 Å². The minimum atomic E-state index is -4.52. The minimum Gasteiger partial charge on any atom is -0.364 e. The molecule has 1 atom stereocenters. The number of thioether (sulfide) groups is 1. The van der Waals surface area contributed by atoms with Gasteiger partial charge in [-0.2, -0.15) is 18.3 Å². The van der Waals surface area contributed by atoms with Gasteiger partial charge in [0.15, 0.2) is 5.56 Å². The zero-order valence-electron chi connectivity index (χ0n) is 13.9. The number of nitrogens with one attached hydrogen (secondary N) is 1. The molecule has 136 valence electrons. The second-order valence-electron chi connectivity index (χ2n) is 6.27. The number of hydrogen-bond donors (Lipinski definition) is 2. The van der Waals surface area contributed by atoms with Gasteiger partial charge in [-0.1, -0.05) is 17.8 Å². The molecule has 1 unspecified atom stereocenters. The number of hydrogen-bond acceptors (Lipinski definition) is 5. The largest absolute Gasteiger partial charge is 0.433 e. The van der Waals surface area contributed by atoms with E-state index in [1.165, 1.54) is 17.8 Å². The average molecular weight is 380 g/mol. The van der Waals surface area contributed by atoms with Crippen molar-refractivity contribution in [2.75, 3.05) is 5.32 Å². The number of alkyl halides is 3. The van der Waals surface area contributed by atoms with E-state index >= 15 is 0 Å². The third kappa shape index (κ3) is 2.80. The van der Waals surface area contributed by atoms with Crippen molar-refractivity contribution in [1.82, 2.24) is 14.8 Å². The average Bonchev–Trinajstić information content (AvgIpc) is 3.11. The molecule has 2 aromatic heterocycles. The standard InChI is InChI=1S/C17H15F3N4OS/c1-8(2)24-15(9-3-4-10-12(7-9)26-16(25)21-10)14-11(23-24)5-6-13(22-14)17(18,19)20/h3-8,16,21,25H,1-2H3. The summed E-state index contributed by atoms with van der Waals surface area (Å²) in [6.07, 6.45) is -4.52. The lowest BCUT2D eigenvalue weighted by molar-refractivity contribution is -0.140. The van der Waals surface area contributed by atoms with Crippen LogP contribution in [0.5, 0.6) is 0 Å². The first kappa shape index (κ1) is 17.2. The first-order chi connectivity index (χ1) is 12.2. The molecular formula is C17H15F3N4OS. The molecule has 4 rings (SSSR count). The molecule has 3 heterocycles. The summed E-state index contributed by atoms with van der Waals surface area (Å²) >= 11 is 1.24. The van der Waals surface area contributed by atoms with Crippen LogP contribution >= 0.6 is 11.8 Å². The number of aliphatic hydroxyl groups excluding tert-OH is 1. The molecule has 1 aliphatic heterocycles. The van der Waals surface area contributed by atoms with Gasteiger partial charge in [0, 0.05) is 16.5 Å². The van der Waals surface area contributed by atoms with Crippen molar-refractivity contribution in [3.8, 4) is 11.3 Å². The molecule has 5 nitrogen and oxygen atoms in total. The van der Waals surface area contributed by atoms with Gasteiger partial charge in [-0.25, -0.2) is 4.98 Å². The normalized spacial score (nSPS) is 17.0. The number of pyridine rings is 1. The third-order valence-electron chi connectivity index (χ3n) is 4.10. The van der Waals surface area contributed by atoms with Gasteiger partial charge in [0.05, 0.1) is 11.4 Å². The van der Waals surface area contributed by atoms with Crippen molar-refractivity contribution < 1.29 is 18.3 Å². The molecule has 0 radical (unpaired) electrons. The van der Waals surface area contributed by atoms with E-state index in [2.05, 4.69) is 15.4 Å². The van der Waals surface area contributed by atoms with Crippen LogP contribution in [0.15, 0.2) is 35.2 Å². The fourth-order valence-corrected chi connectivity index (χ4v) is 3.83. The SMILES string of the molecule is CC(C)n1nc2ccc(C(F)(F)F)nc2c1-c1ccc2c(c1)SC(O)N2. The van der Waals surface area contributed by atoms with Crippen molar-refractivity contribution in [3.05, 3.63) is 36.0 Å². The molecule has 0 saturated carbocycles. The highest BCUT2D eigenvalue weighted by molar-refractivity contribution is 8.00. The van der Waals surface area contributed by atoms with Crippen molar-refractivity contribution in [3.63, 3.8) is 0 Å². The van der Waals surface area contributed by atoms with Crippen LogP contribution in [0.2, 0.25) is 0 Å². The summed E-state index contributed by atoms with van der Waals surface area (Å²) in [5.41, 5.74) is 0.971. The maximum Gasteiger partial charge on any atom is 0.433 e. The lowest BCUT2D eigenvalue weighted by atomic mass is 10.1. The predicted molar refractivity (Wildman–Crippen MR) is 93.8 cm³/mol. The molecule has 26 heavy (non-hydrogen) atoms. The Kier molecular flexibility index (Phi) is 3.89. The van der Waals surface area contributed by atoms with E-state index in [1.807, 2.05) is 19.9 Å². The van der Waals surface area contributed by atoms with E-state index < -0.39 is 17.4 Å². The van der Waals surface area contributed by atoms with E-state index in [1.54, 1.807) is 16.8 Å². The molecular weight excluding hydrogens is 365 g/mol. The van der Waals surface area contributed by atoms with Gasteiger partial charge in [0.2, 0.25) is 0 Å². The highest BCUT2D eigenvalue weighted by Crippen LogP contribution is 2.41. The zero-order valence-corrected chi connectivity index (χ0v) is 14.7. The number of halogens is 3. The highest BCUT2D eigenvalue weighted by Gasteiger charge is 2.33. The zero-order chi connectivity index (χ0) is 18.6. The second-order valence-corrected chi connectivity index (χ2v) is 7.40. The number of aliphatic hydroxyl groups is 1. The topological polar surface area (TPSA) is 63.0 Å². The van der Waals surface area contributed by atoms with Crippen LogP contribution < -0.4 is 5.32 Å². The maximum atomic E-state index is 13.1. The lowest BCUT2D eigenvalue weighted by Crippen LogP contribution is -2.07. The summed E-state index contributed by atoms with van der Waals surface area (Å²) in [6.45, 7) is 3.82. The third-order valence-corrected chi connectivity index (χ3v) is 5.03. The van der Waals surface area contributed by atoms with E-state index in [4.69, 9.17) is 0 Å². The smallest absolute Gasteiger partial charge is 0.364 e. The first-order valence-corrected chi connectivity index (χ1v) is 8.84. The number of aromatic nitrogens is 3. The van der Waals surface area contributed by atoms with Gasteiger partial charge in [-0.3, -0.25) is 4.68 Å². The molecule has 0 fully saturated rings. The van der Waals surface area contributed by atoms with Gasteiger partial charge in [-0.15, -0.1) is 0 Å². The summed E-state index contributed by atoms with van der Waals surface area (Å²) in [6, 6.07) is 7.66. The van der Waals surface area contributed by atoms with Crippen LogP contribution in [0, 0.1) is 0 Å². The highest BCUT2D eigenvalue weighted by atomic mass is 32.2. The number of anilines is 1. The Morgan fingerprint density at radius 2 is 2.00 bits per heavy atom. The fourth-order valence-electron chi connectivity index (χ4n) is 2.95. The number of nitrogens with zero attached hydrogens (tertiary/aromatic N) is 3. The molecule has 0 aliphatic carbocycles. The van der Waals surface area contributed by atoms with Crippen molar-refractivity contribution in [2.45, 2.75) is 36.5 Å². The molecule has 1 aliphatic rings. The minimum absolute atomic E-state index is 0.0573. The van der Waals surface area contributed by atoms with Gasteiger partial charge in [0.25, 0.3) is 0 Å². The van der Waals surface area contributed by atoms with Crippen LogP contribution in [-0.2, 0) is 6.18 Å². The van der Waals surface area contributed by atoms with Crippen LogP contribution in [0.4, 0.5) is 18.9 Å². The molecule has 2 N–H and O–H groups in total. The van der Waals surface area contributed by atoms with E-state index in [-0.39, 0.29) is 11.6 Å². The molecule has 1 aromatic carbocycles. The molecule has 0 bridgehead atoms. The Bertz CT molecular complexity index is 1000. The maximum absolute atomic E-state index is 13.1. The Morgan fingerprint density at radius 1 is 1.23 bits per heavy atom. The number of fused-ring (bicyclic) bond motifs is 2. The Hall–Kier alpha value is -2.26. The Morgan fingerprint density at radius 3 is 2.69 bits per heavy atom. The molecule has 0 amide bonds. The quantitative estimate of drug-likeness (QED) is 0.686. The summed E-state index contributed by atoms with van der Waals surface area (Å²) in [4.78, 5) is 4.68. The monoisotopic (exact) mass is 380 g/mol. The summed E-state index contributed by atoms with van der Waals surface area (Å²) < 4.78 is 41.0. The molecule has 0 saturated heterocycles. The molecule has 3 aromatic rings. The molecule has 0 spiro atoms. The second kappa shape index (κ2) is 5.88. The van der Waals surface area contributed by atoms with Gasteiger partial charge >= 0.3 is 6.18 Å². The van der Waals surface area contributed by atoms with E-state index in [0.29, 0.717) is 16.8 Å². The lowest BCUT2D eigenvalue weighted by Gasteiger charge is -2.12. The predicted octanol–water partition coefficient (Wildman–Crippen LogP) is 4.49. The van der Waals surface area contributed by atoms with Crippen LogP contribution in [0.3, 0.4) is 0 Å². The van der Waals surface area contributed by atoms with Crippen LogP contribution in [0.1, 0.15) is 25.6 Å². The first-order valence-electron chi connectivity index (χ1n) is 7.96. The Labute approximate surface area is 151 Å². The van der Waals surface area contributed by atoms with Crippen LogP contribution in [0.25, 0.3) is 22.3 Å². The van der Waals surface area contributed by atoms with E-state index in [0.717, 1.165) is 16.6 Å². The van der Waals surface area contributed by atoms with Gasteiger partial charge in [-0.05, 0) is 38.1 Å². The van der Waals surface area contributed by atoms with Crippen molar-refractivity contribution in [2.24, 2.45) is 0 Å². The summed E-state index contributed by atoms with van der Waals surface area (Å²) in [7, 11) is 0. The van der Waals surface area contributed by atoms with Crippen molar-refractivity contribution >= 4 is 28.5 Å². The number of benzene rings is 1. The Balaban J connectivity index is 1.95. The molecule has 9 heteroatoms. The summed E-state index contributed by atoms with van der Waals surface area (Å²) in [5.74, 6) is 0.